The number of sulfonamides is 1. The Morgan fingerprint density at radius 3 is 2.33 bits per heavy atom. The third kappa shape index (κ3) is 3.56. The topological polar surface area (TPSA) is 46.2 Å². The second kappa shape index (κ2) is 5.72. The molecule has 1 aromatic carbocycles. The summed E-state index contributed by atoms with van der Waals surface area (Å²) in [5, 5.41) is 0.584. The molecule has 0 fully saturated rings. The van der Waals surface area contributed by atoms with Gasteiger partial charge in [-0.1, -0.05) is 28.9 Å². The highest BCUT2D eigenvalue weighted by Crippen LogP contribution is 2.19. The first-order valence-electron chi connectivity index (χ1n) is 5.91. The SMILES string of the molecule is CCC(C)(CBr)NS(=O)(=O)c1ccc(C)c(C)c1. The normalized spacial score (nSPS) is 15.4. The Morgan fingerprint density at radius 2 is 1.89 bits per heavy atom. The fourth-order valence-corrected chi connectivity index (χ4v) is 3.74. The Bertz CT molecular complexity index is 522. The molecule has 0 saturated carbocycles. The van der Waals surface area contributed by atoms with Crippen LogP contribution < -0.4 is 4.72 Å². The molecule has 0 heterocycles. The first kappa shape index (κ1) is 15.7. The molecule has 1 rings (SSSR count). The number of alkyl halides is 1. The van der Waals surface area contributed by atoms with Crippen LogP contribution in [0.5, 0.6) is 0 Å². The van der Waals surface area contributed by atoms with E-state index in [0.717, 1.165) is 17.5 Å². The summed E-state index contributed by atoms with van der Waals surface area (Å²) >= 11 is 3.36. The fourth-order valence-electron chi connectivity index (χ4n) is 1.46. The van der Waals surface area contributed by atoms with E-state index in [2.05, 4.69) is 20.7 Å². The van der Waals surface area contributed by atoms with E-state index < -0.39 is 15.6 Å². The Labute approximate surface area is 118 Å². The van der Waals surface area contributed by atoms with Crippen LogP contribution in [0.4, 0.5) is 0 Å². The first-order valence-corrected chi connectivity index (χ1v) is 8.52. The number of rotatable bonds is 5. The van der Waals surface area contributed by atoms with E-state index in [4.69, 9.17) is 0 Å². The van der Waals surface area contributed by atoms with Crippen molar-refractivity contribution in [1.29, 1.82) is 0 Å². The quantitative estimate of drug-likeness (QED) is 0.841. The van der Waals surface area contributed by atoms with Gasteiger partial charge in [-0.05, 0) is 50.5 Å². The number of nitrogens with one attached hydrogen (secondary N) is 1. The van der Waals surface area contributed by atoms with E-state index in [1.807, 2.05) is 33.8 Å². The summed E-state index contributed by atoms with van der Waals surface area (Å²) < 4.78 is 27.4. The molecule has 0 aliphatic heterocycles. The Kier molecular flexibility index (Phi) is 4.98. The highest BCUT2D eigenvalue weighted by atomic mass is 79.9. The predicted octanol–water partition coefficient (Wildman–Crippen LogP) is 3.15. The molecule has 1 atom stereocenters. The maximum Gasteiger partial charge on any atom is 0.241 e. The first-order chi connectivity index (χ1) is 8.24. The molecule has 0 amide bonds. The van der Waals surface area contributed by atoms with E-state index in [-0.39, 0.29) is 0 Å². The fraction of sp³-hybridized carbons (Fsp3) is 0.538. The highest BCUT2D eigenvalue weighted by Gasteiger charge is 2.28. The summed E-state index contributed by atoms with van der Waals surface area (Å²) in [6.45, 7) is 7.73. The third-order valence-corrected chi connectivity index (χ3v) is 6.12. The monoisotopic (exact) mass is 333 g/mol. The van der Waals surface area contributed by atoms with Crippen LogP contribution in [-0.2, 0) is 10.0 Å². The van der Waals surface area contributed by atoms with Crippen LogP contribution in [0.1, 0.15) is 31.4 Å². The molecule has 0 saturated heterocycles. The molecule has 5 heteroatoms. The Morgan fingerprint density at radius 1 is 1.28 bits per heavy atom. The van der Waals surface area contributed by atoms with Crippen molar-refractivity contribution in [3.05, 3.63) is 29.3 Å². The number of hydrogen-bond acceptors (Lipinski definition) is 2. The number of halogens is 1. The van der Waals surface area contributed by atoms with Gasteiger partial charge in [0.25, 0.3) is 0 Å². The van der Waals surface area contributed by atoms with Crippen LogP contribution in [0.25, 0.3) is 0 Å². The lowest BCUT2D eigenvalue weighted by molar-refractivity contribution is 0.449. The molecular weight excluding hydrogens is 314 g/mol. The largest absolute Gasteiger partial charge is 0.241 e. The molecule has 1 aromatic rings. The van der Waals surface area contributed by atoms with Crippen LogP contribution in [-0.4, -0.2) is 19.3 Å². The van der Waals surface area contributed by atoms with Crippen LogP contribution in [0.15, 0.2) is 23.1 Å². The van der Waals surface area contributed by atoms with Gasteiger partial charge in [0.2, 0.25) is 10.0 Å². The van der Waals surface area contributed by atoms with Crippen LogP contribution in [0, 0.1) is 13.8 Å². The van der Waals surface area contributed by atoms with Crippen molar-refractivity contribution >= 4 is 26.0 Å². The van der Waals surface area contributed by atoms with Gasteiger partial charge in [0, 0.05) is 10.9 Å². The molecule has 1 N–H and O–H groups in total. The van der Waals surface area contributed by atoms with Gasteiger partial charge in [-0.2, -0.15) is 0 Å². The molecule has 18 heavy (non-hydrogen) atoms. The molecule has 102 valence electrons. The van der Waals surface area contributed by atoms with Gasteiger partial charge in [0.15, 0.2) is 0 Å². The lowest BCUT2D eigenvalue weighted by Gasteiger charge is -2.27. The average molecular weight is 334 g/mol. The predicted molar refractivity (Wildman–Crippen MR) is 78.7 cm³/mol. The zero-order chi connectivity index (χ0) is 14.0. The standard InChI is InChI=1S/C13H20BrNO2S/c1-5-13(4,9-14)15-18(16,17)12-7-6-10(2)11(3)8-12/h6-8,15H,5,9H2,1-4H3. The third-order valence-electron chi connectivity index (χ3n) is 3.24. The molecule has 0 aliphatic carbocycles. The van der Waals surface area contributed by atoms with E-state index in [9.17, 15) is 8.42 Å². The van der Waals surface area contributed by atoms with E-state index >= 15 is 0 Å². The Balaban J connectivity index is 3.10. The van der Waals surface area contributed by atoms with Crippen molar-refractivity contribution in [2.75, 3.05) is 5.33 Å². The van der Waals surface area contributed by atoms with Crippen molar-refractivity contribution in [2.45, 2.75) is 44.6 Å². The minimum absolute atomic E-state index is 0.325. The van der Waals surface area contributed by atoms with Gasteiger partial charge >= 0.3 is 0 Å². The number of benzene rings is 1. The molecular formula is C13H20BrNO2S. The van der Waals surface area contributed by atoms with Crippen molar-refractivity contribution in [3.8, 4) is 0 Å². The van der Waals surface area contributed by atoms with Gasteiger partial charge in [0.1, 0.15) is 0 Å². The van der Waals surface area contributed by atoms with Crippen molar-refractivity contribution in [2.24, 2.45) is 0 Å². The lowest BCUT2D eigenvalue weighted by atomic mass is 10.0. The molecule has 0 spiro atoms. The van der Waals surface area contributed by atoms with Gasteiger partial charge in [-0.15, -0.1) is 0 Å². The van der Waals surface area contributed by atoms with Gasteiger partial charge < -0.3 is 0 Å². The molecule has 0 bridgehead atoms. The molecule has 1 unspecified atom stereocenters. The molecule has 0 aliphatic rings. The highest BCUT2D eigenvalue weighted by molar-refractivity contribution is 9.09. The zero-order valence-electron chi connectivity index (χ0n) is 11.2. The summed E-state index contributed by atoms with van der Waals surface area (Å²) in [4.78, 5) is 0.325. The second-order valence-electron chi connectivity index (χ2n) is 4.90. The van der Waals surface area contributed by atoms with Crippen LogP contribution in [0.2, 0.25) is 0 Å². The van der Waals surface area contributed by atoms with Crippen molar-refractivity contribution < 1.29 is 8.42 Å². The summed E-state index contributed by atoms with van der Waals surface area (Å²) in [6, 6.07) is 5.19. The average Bonchev–Trinajstić information content (AvgIpc) is 2.32. The maximum absolute atomic E-state index is 12.3. The second-order valence-corrected chi connectivity index (χ2v) is 7.14. The van der Waals surface area contributed by atoms with Gasteiger partial charge in [-0.3, -0.25) is 0 Å². The number of hydrogen-bond donors (Lipinski definition) is 1. The summed E-state index contributed by atoms with van der Waals surface area (Å²) in [7, 11) is -3.46. The minimum atomic E-state index is -3.46. The van der Waals surface area contributed by atoms with E-state index in [1.165, 1.54) is 0 Å². The molecule has 0 aromatic heterocycles. The lowest BCUT2D eigenvalue weighted by Crippen LogP contribution is -2.46. The summed E-state index contributed by atoms with van der Waals surface area (Å²) in [6.07, 6.45) is 0.725. The summed E-state index contributed by atoms with van der Waals surface area (Å²) in [5.41, 5.74) is 1.61. The molecule has 3 nitrogen and oxygen atoms in total. The number of aryl methyl sites for hydroxylation is 2. The van der Waals surface area contributed by atoms with Gasteiger partial charge in [-0.25, -0.2) is 13.1 Å². The van der Waals surface area contributed by atoms with Crippen LogP contribution in [0.3, 0.4) is 0 Å². The molecule has 0 radical (unpaired) electrons. The summed E-state index contributed by atoms with van der Waals surface area (Å²) in [5.74, 6) is 0. The van der Waals surface area contributed by atoms with E-state index in [0.29, 0.717) is 10.2 Å². The van der Waals surface area contributed by atoms with Gasteiger partial charge in [0.05, 0.1) is 4.90 Å². The smallest absolute Gasteiger partial charge is 0.207 e. The zero-order valence-corrected chi connectivity index (χ0v) is 13.7. The van der Waals surface area contributed by atoms with Crippen molar-refractivity contribution in [3.63, 3.8) is 0 Å². The maximum atomic E-state index is 12.3. The van der Waals surface area contributed by atoms with E-state index in [1.54, 1.807) is 12.1 Å². The van der Waals surface area contributed by atoms with Crippen molar-refractivity contribution in [1.82, 2.24) is 4.72 Å². The Hall–Kier alpha value is -0.390. The van der Waals surface area contributed by atoms with Crippen LogP contribution >= 0.6 is 15.9 Å². The minimum Gasteiger partial charge on any atom is -0.207 e.